The molecule has 142 valence electrons. The normalized spacial score (nSPS) is 10.8. The molecule has 0 radical (unpaired) electrons. The second-order valence-electron chi connectivity index (χ2n) is 5.57. The van der Waals surface area contributed by atoms with Gasteiger partial charge in [0.25, 0.3) is 0 Å². The van der Waals surface area contributed by atoms with Gasteiger partial charge in [-0.3, -0.25) is 4.79 Å². The van der Waals surface area contributed by atoms with Gasteiger partial charge in [-0.1, -0.05) is 71.7 Å². The minimum Gasteiger partial charge on any atom is -0.446 e. The Balaban J connectivity index is 1.72. The number of ether oxygens (including phenoxy) is 2. The maximum absolute atomic E-state index is 12.6. The zero-order valence-electron chi connectivity index (χ0n) is 14.6. The van der Waals surface area contributed by atoms with Crippen molar-refractivity contribution in [2.45, 2.75) is 6.29 Å². The highest BCUT2D eigenvalue weighted by atomic mass is 35.5. The quantitative estimate of drug-likeness (QED) is 0.338. The summed E-state index contributed by atoms with van der Waals surface area (Å²) in [6.07, 6.45) is 0.158. The second-order valence-corrected chi connectivity index (χ2v) is 6.36. The van der Waals surface area contributed by atoms with Gasteiger partial charge >= 0.3 is 12.2 Å². The third kappa shape index (κ3) is 5.49. The molecule has 0 saturated carbocycles. The van der Waals surface area contributed by atoms with E-state index in [9.17, 15) is 4.79 Å². The van der Waals surface area contributed by atoms with Crippen molar-refractivity contribution >= 4 is 35.3 Å². The van der Waals surface area contributed by atoms with Gasteiger partial charge in [-0.25, -0.2) is 5.43 Å². The van der Waals surface area contributed by atoms with E-state index >= 15 is 0 Å². The highest BCUT2D eigenvalue weighted by molar-refractivity contribution is 6.43. The number of rotatable bonds is 7. The van der Waals surface area contributed by atoms with Crippen molar-refractivity contribution in [1.29, 1.82) is 0 Å². The molecule has 0 aliphatic rings. The molecule has 3 aromatic carbocycles. The molecule has 0 saturated heterocycles. The fourth-order valence-corrected chi connectivity index (χ4v) is 2.57. The summed E-state index contributed by atoms with van der Waals surface area (Å²) in [6.45, 7) is 0. The van der Waals surface area contributed by atoms with E-state index in [4.69, 9.17) is 32.7 Å². The smallest absolute Gasteiger partial charge is 0.323 e. The van der Waals surface area contributed by atoms with Crippen LogP contribution in [0.5, 0.6) is 11.5 Å². The number of hydrazone groups is 1. The van der Waals surface area contributed by atoms with Gasteiger partial charge in [0.2, 0.25) is 0 Å². The highest BCUT2D eigenvalue weighted by Crippen LogP contribution is 2.24. The van der Waals surface area contributed by atoms with Gasteiger partial charge in [-0.2, -0.15) is 5.10 Å². The van der Waals surface area contributed by atoms with Crippen LogP contribution in [-0.2, 0) is 4.79 Å². The van der Waals surface area contributed by atoms with Crippen LogP contribution in [0.25, 0.3) is 0 Å². The molecule has 1 N–H and O–H groups in total. The van der Waals surface area contributed by atoms with E-state index in [1.54, 1.807) is 66.7 Å². The van der Waals surface area contributed by atoms with Crippen molar-refractivity contribution in [3.63, 3.8) is 0 Å². The first-order valence-corrected chi connectivity index (χ1v) is 9.09. The fourth-order valence-electron chi connectivity index (χ4n) is 2.21. The van der Waals surface area contributed by atoms with Crippen LogP contribution in [0.2, 0.25) is 10.0 Å². The molecule has 0 aliphatic carbocycles. The minimum absolute atomic E-state index is 0.347. The highest BCUT2D eigenvalue weighted by Gasteiger charge is 2.22. The number of nitrogens with zero attached hydrogens (tertiary/aromatic N) is 1. The van der Waals surface area contributed by atoms with E-state index in [0.29, 0.717) is 27.1 Å². The van der Waals surface area contributed by atoms with Crippen molar-refractivity contribution in [3.8, 4) is 11.5 Å². The second kappa shape index (κ2) is 9.78. The van der Waals surface area contributed by atoms with Gasteiger partial charge in [-0.05, 0) is 30.3 Å². The Labute approximate surface area is 172 Å². The van der Waals surface area contributed by atoms with Crippen LogP contribution in [0.1, 0.15) is 5.56 Å². The maximum Gasteiger partial charge on any atom is 0.323 e. The number of hydrogen-bond acceptors (Lipinski definition) is 4. The summed E-state index contributed by atoms with van der Waals surface area (Å²) in [7, 11) is 0. The van der Waals surface area contributed by atoms with Crippen LogP contribution in [0.15, 0.2) is 84.0 Å². The van der Waals surface area contributed by atoms with E-state index in [2.05, 4.69) is 10.5 Å². The van der Waals surface area contributed by atoms with Crippen LogP contribution in [0.4, 0.5) is 0 Å². The number of benzene rings is 3. The van der Waals surface area contributed by atoms with E-state index < -0.39 is 12.2 Å². The minimum atomic E-state index is -1.24. The van der Waals surface area contributed by atoms with Gasteiger partial charge in [-0.15, -0.1) is 0 Å². The number of nitrogens with one attached hydrogen (secondary N) is 1. The van der Waals surface area contributed by atoms with Crippen LogP contribution in [0, 0.1) is 0 Å². The Morgan fingerprint density at radius 1 is 0.857 bits per heavy atom. The molecule has 1 amide bonds. The first-order chi connectivity index (χ1) is 13.6. The zero-order chi connectivity index (χ0) is 19.8. The summed E-state index contributed by atoms with van der Waals surface area (Å²) in [5, 5.41) is 4.66. The number of hydrogen-bond donors (Lipinski definition) is 1. The lowest BCUT2D eigenvalue weighted by atomic mass is 10.2. The Morgan fingerprint density at radius 2 is 1.43 bits per heavy atom. The summed E-state index contributed by atoms with van der Waals surface area (Å²) in [4.78, 5) is 12.6. The van der Waals surface area contributed by atoms with Crippen LogP contribution >= 0.6 is 23.2 Å². The van der Waals surface area contributed by atoms with E-state index in [1.807, 2.05) is 12.1 Å². The van der Waals surface area contributed by atoms with Crippen molar-refractivity contribution < 1.29 is 14.3 Å². The molecular weight excluding hydrogens is 399 g/mol. The Kier molecular flexibility index (Phi) is 6.89. The number of amides is 1. The molecule has 3 rings (SSSR count). The standard InChI is InChI=1S/C21H16Cl2N2O3/c22-18-13-7-8-15(19(18)23)14-24-25-20(26)21(27-16-9-3-1-4-10-16)28-17-11-5-2-6-12-17/h1-14,21H,(H,25,26)/b24-14-. The molecule has 0 fully saturated rings. The molecule has 28 heavy (non-hydrogen) atoms. The SMILES string of the molecule is O=C(N/N=C\c1cccc(Cl)c1Cl)C(Oc1ccccc1)Oc1ccccc1. The molecular formula is C21H16Cl2N2O3. The summed E-state index contributed by atoms with van der Waals surface area (Å²) < 4.78 is 11.3. The average Bonchev–Trinajstić information content (AvgIpc) is 2.72. The van der Waals surface area contributed by atoms with E-state index in [1.165, 1.54) is 6.21 Å². The van der Waals surface area contributed by atoms with Crippen molar-refractivity contribution in [1.82, 2.24) is 5.43 Å². The third-order valence-corrected chi connectivity index (χ3v) is 4.38. The first-order valence-electron chi connectivity index (χ1n) is 8.34. The fraction of sp³-hybridized carbons (Fsp3) is 0.0476. The molecule has 0 bridgehead atoms. The molecule has 0 aromatic heterocycles. The summed E-state index contributed by atoms with van der Waals surface area (Å²) in [6, 6.07) is 22.9. The van der Waals surface area contributed by atoms with Gasteiger partial charge in [0.1, 0.15) is 11.5 Å². The Hall–Kier alpha value is -3.02. The molecule has 0 spiro atoms. The topological polar surface area (TPSA) is 59.9 Å². The van der Waals surface area contributed by atoms with Gasteiger partial charge in [0.05, 0.1) is 16.3 Å². The largest absolute Gasteiger partial charge is 0.446 e. The van der Waals surface area contributed by atoms with Crippen LogP contribution in [0.3, 0.4) is 0 Å². The number of para-hydroxylation sites is 2. The predicted molar refractivity (Wildman–Crippen MR) is 110 cm³/mol. The molecule has 0 atom stereocenters. The maximum atomic E-state index is 12.6. The molecule has 3 aromatic rings. The van der Waals surface area contributed by atoms with Gasteiger partial charge < -0.3 is 9.47 Å². The van der Waals surface area contributed by atoms with E-state index in [0.717, 1.165) is 0 Å². The average molecular weight is 415 g/mol. The van der Waals surface area contributed by atoms with Crippen LogP contribution < -0.4 is 14.9 Å². The Bertz CT molecular complexity index is 909. The Morgan fingerprint density at radius 3 is 2.00 bits per heavy atom. The molecule has 7 heteroatoms. The molecule has 0 aliphatic heterocycles. The molecule has 5 nitrogen and oxygen atoms in total. The lowest BCUT2D eigenvalue weighted by Gasteiger charge is -2.18. The predicted octanol–water partition coefficient (Wildman–Crippen LogP) is 4.93. The number of carbonyl (C=O) groups excluding carboxylic acids is 1. The summed E-state index contributed by atoms with van der Waals surface area (Å²) in [5.41, 5.74) is 2.97. The first kappa shape index (κ1) is 19.7. The monoisotopic (exact) mass is 414 g/mol. The summed E-state index contributed by atoms with van der Waals surface area (Å²) in [5.74, 6) is 0.392. The molecule has 0 unspecified atom stereocenters. The third-order valence-electron chi connectivity index (χ3n) is 3.55. The van der Waals surface area contributed by atoms with Crippen molar-refractivity contribution in [2.75, 3.05) is 0 Å². The lowest BCUT2D eigenvalue weighted by Crippen LogP contribution is -2.40. The van der Waals surface area contributed by atoms with E-state index in [-0.39, 0.29) is 0 Å². The number of carbonyl (C=O) groups is 1. The van der Waals surface area contributed by atoms with Crippen molar-refractivity contribution in [2.24, 2.45) is 5.10 Å². The van der Waals surface area contributed by atoms with Crippen molar-refractivity contribution in [3.05, 3.63) is 94.5 Å². The van der Waals surface area contributed by atoms with Gasteiger partial charge in [0, 0.05) is 5.56 Å². The van der Waals surface area contributed by atoms with Gasteiger partial charge in [0.15, 0.2) is 0 Å². The molecule has 0 heterocycles. The lowest BCUT2D eigenvalue weighted by molar-refractivity contribution is -0.140. The van der Waals surface area contributed by atoms with Crippen LogP contribution in [-0.4, -0.2) is 18.4 Å². The zero-order valence-corrected chi connectivity index (χ0v) is 16.1. The summed E-state index contributed by atoms with van der Waals surface area (Å²) >= 11 is 12.1. The number of halogens is 2.